The number of hydrogen-bond acceptors (Lipinski definition) is 3. The van der Waals surface area contributed by atoms with Crippen LogP contribution < -0.4 is 0 Å². The van der Waals surface area contributed by atoms with E-state index in [4.69, 9.17) is 5.26 Å². The smallest absolute Gasteiger partial charge is 0.253 e. The van der Waals surface area contributed by atoms with Crippen LogP contribution in [0, 0.1) is 11.3 Å². The summed E-state index contributed by atoms with van der Waals surface area (Å²) < 4.78 is 0. The number of amides is 1. The van der Waals surface area contributed by atoms with Gasteiger partial charge in [-0.1, -0.05) is 30.7 Å². The average molecular weight is 414 g/mol. The highest BCUT2D eigenvalue weighted by atomic mass is 16.2. The number of nitriles is 1. The molecule has 2 aromatic carbocycles. The Hall–Kier alpha value is -2.64. The Bertz CT molecular complexity index is 996. The first-order valence-corrected chi connectivity index (χ1v) is 11.9. The van der Waals surface area contributed by atoms with E-state index < -0.39 is 0 Å². The molecule has 0 radical (unpaired) electrons. The second kappa shape index (κ2) is 8.85. The van der Waals surface area contributed by atoms with Crippen molar-refractivity contribution in [2.75, 3.05) is 26.2 Å². The first-order chi connectivity index (χ1) is 15.2. The summed E-state index contributed by atoms with van der Waals surface area (Å²) in [6.45, 7) is 3.99. The molecule has 4 nitrogen and oxygen atoms in total. The first-order valence-electron chi connectivity index (χ1n) is 11.9. The normalized spacial score (nSPS) is 20.4. The summed E-state index contributed by atoms with van der Waals surface area (Å²) in [5, 5.41) is 9.10. The van der Waals surface area contributed by atoms with Gasteiger partial charge in [0.15, 0.2) is 0 Å². The molecule has 2 heterocycles. The van der Waals surface area contributed by atoms with Crippen molar-refractivity contribution in [1.82, 2.24) is 9.80 Å². The van der Waals surface area contributed by atoms with E-state index >= 15 is 0 Å². The van der Waals surface area contributed by atoms with E-state index in [0.29, 0.717) is 17.0 Å². The minimum absolute atomic E-state index is 0.0496. The fourth-order valence-corrected chi connectivity index (χ4v) is 5.45. The number of piperidine rings is 1. The van der Waals surface area contributed by atoms with Gasteiger partial charge in [0.25, 0.3) is 5.91 Å². The molecule has 0 N–H and O–H groups in total. The largest absolute Gasteiger partial charge is 0.339 e. The van der Waals surface area contributed by atoms with Crippen LogP contribution in [0.5, 0.6) is 0 Å². The van der Waals surface area contributed by atoms with Crippen molar-refractivity contribution in [2.24, 2.45) is 0 Å². The van der Waals surface area contributed by atoms with E-state index in [1.807, 2.05) is 11.0 Å². The van der Waals surface area contributed by atoms with Crippen LogP contribution in [-0.2, 0) is 12.8 Å². The van der Waals surface area contributed by atoms with Gasteiger partial charge < -0.3 is 4.90 Å². The zero-order valence-electron chi connectivity index (χ0n) is 18.2. The average Bonchev–Trinajstić information content (AvgIpc) is 3.00. The fourth-order valence-electron chi connectivity index (χ4n) is 5.45. The number of rotatable bonds is 3. The summed E-state index contributed by atoms with van der Waals surface area (Å²) >= 11 is 0. The number of carbonyl (C=O) groups excluding carboxylic acids is 1. The highest BCUT2D eigenvalue weighted by Crippen LogP contribution is 2.32. The molecule has 5 rings (SSSR count). The van der Waals surface area contributed by atoms with Crippen LogP contribution in [0.15, 0.2) is 42.5 Å². The van der Waals surface area contributed by atoms with Crippen LogP contribution in [0.4, 0.5) is 0 Å². The summed E-state index contributed by atoms with van der Waals surface area (Å²) in [5.74, 6) is 0.583. The molecule has 4 heteroatoms. The zero-order valence-corrected chi connectivity index (χ0v) is 18.2. The molecule has 1 saturated heterocycles. The second-order valence-electron chi connectivity index (χ2n) is 9.41. The van der Waals surface area contributed by atoms with Crippen molar-refractivity contribution in [3.63, 3.8) is 0 Å². The van der Waals surface area contributed by atoms with Crippen molar-refractivity contribution in [3.8, 4) is 6.07 Å². The number of nitrogens with zero attached hydrogens (tertiary/aromatic N) is 3. The van der Waals surface area contributed by atoms with E-state index in [1.165, 1.54) is 56.3 Å². The van der Waals surface area contributed by atoms with Crippen molar-refractivity contribution in [2.45, 2.75) is 56.9 Å². The van der Waals surface area contributed by atoms with Crippen LogP contribution in [-0.4, -0.2) is 47.9 Å². The summed E-state index contributed by atoms with van der Waals surface area (Å²) in [6, 6.07) is 17.2. The maximum Gasteiger partial charge on any atom is 0.253 e. The second-order valence-corrected chi connectivity index (χ2v) is 9.41. The third-order valence-corrected chi connectivity index (χ3v) is 7.65. The summed E-state index contributed by atoms with van der Waals surface area (Å²) in [5.41, 5.74) is 5.70. The zero-order chi connectivity index (χ0) is 21.2. The predicted molar refractivity (Wildman–Crippen MR) is 122 cm³/mol. The lowest BCUT2D eigenvalue weighted by molar-refractivity contribution is 0.0713. The molecule has 0 bridgehead atoms. The Kier molecular flexibility index (Phi) is 5.78. The highest BCUT2D eigenvalue weighted by Gasteiger charge is 2.28. The lowest BCUT2D eigenvalue weighted by atomic mass is 9.86. The Labute approximate surface area is 185 Å². The van der Waals surface area contributed by atoms with Gasteiger partial charge in [-0.05, 0) is 79.3 Å². The maximum atomic E-state index is 12.9. The molecule has 31 heavy (non-hydrogen) atoms. The number of carbonyl (C=O) groups is 1. The molecule has 1 amide bonds. The number of benzene rings is 2. The molecule has 2 aliphatic heterocycles. The molecule has 1 aliphatic carbocycles. The first kappa shape index (κ1) is 20.3. The molecule has 0 aromatic heterocycles. The molecule has 3 aliphatic rings. The summed E-state index contributed by atoms with van der Waals surface area (Å²) in [6.07, 6.45) is 8.56. The minimum Gasteiger partial charge on any atom is -0.339 e. The number of likely N-dealkylation sites (tertiary alicyclic amines) is 1. The SMILES string of the molecule is N#Cc1cccc(C(=O)N2CCC(c3ccc4c(c3)CCN(C3CCC3)CC4)CC2)c1. The van der Waals surface area contributed by atoms with Gasteiger partial charge in [0.1, 0.15) is 0 Å². The van der Waals surface area contributed by atoms with E-state index in [0.717, 1.165) is 32.0 Å². The summed E-state index contributed by atoms with van der Waals surface area (Å²) in [7, 11) is 0. The van der Waals surface area contributed by atoms with Gasteiger partial charge >= 0.3 is 0 Å². The van der Waals surface area contributed by atoms with E-state index in [9.17, 15) is 4.79 Å². The lowest BCUT2D eigenvalue weighted by Crippen LogP contribution is -2.41. The van der Waals surface area contributed by atoms with Crippen molar-refractivity contribution >= 4 is 5.91 Å². The lowest BCUT2D eigenvalue weighted by Gasteiger charge is -2.36. The molecule has 0 unspecified atom stereocenters. The molecular weight excluding hydrogens is 382 g/mol. The highest BCUT2D eigenvalue weighted by molar-refractivity contribution is 5.94. The van der Waals surface area contributed by atoms with Crippen LogP contribution >= 0.6 is 0 Å². The van der Waals surface area contributed by atoms with Crippen molar-refractivity contribution in [1.29, 1.82) is 5.26 Å². The van der Waals surface area contributed by atoms with Gasteiger partial charge in [0.2, 0.25) is 0 Å². The van der Waals surface area contributed by atoms with Crippen LogP contribution in [0.25, 0.3) is 0 Å². The topological polar surface area (TPSA) is 47.3 Å². The molecule has 160 valence electrons. The fraction of sp³-hybridized carbons (Fsp3) is 0.481. The Morgan fingerprint density at radius 3 is 2.39 bits per heavy atom. The van der Waals surface area contributed by atoms with Gasteiger partial charge in [-0.2, -0.15) is 5.26 Å². The molecule has 2 aromatic rings. The Morgan fingerprint density at radius 1 is 0.903 bits per heavy atom. The molecule has 2 fully saturated rings. The standard InChI is InChI=1S/C27H31N3O/c28-19-20-3-1-4-25(17-20)27(31)30-15-10-22(11-16-30)23-8-7-21-9-13-29(26-5-2-6-26)14-12-24(21)18-23/h1,3-4,7-8,17-18,22,26H,2,5-6,9-16H2. The third-order valence-electron chi connectivity index (χ3n) is 7.65. The van der Waals surface area contributed by atoms with Gasteiger partial charge in [-0.25, -0.2) is 0 Å². The number of fused-ring (bicyclic) bond motifs is 1. The van der Waals surface area contributed by atoms with Gasteiger partial charge in [0.05, 0.1) is 11.6 Å². The minimum atomic E-state index is 0.0496. The van der Waals surface area contributed by atoms with Crippen LogP contribution in [0.3, 0.4) is 0 Å². The van der Waals surface area contributed by atoms with E-state index in [-0.39, 0.29) is 5.91 Å². The van der Waals surface area contributed by atoms with Gasteiger partial charge in [-0.3, -0.25) is 9.69 Å². The molecule has 0 atom stereocenters. The van der Waals surface area contributed by atoms with E-state index in [2.05, 4.69) is 29.2 Å². The molecule has 1 saturated carbocycles. The Morgan fingerprint density at radius 2 is 1.68 bits per heavy atom. The Balaban J connectivity index is 1.22. The van der Waals surface area contributed by atoms with Crippen molar-refractivity contribution < 1.29 is 4.79 Å². The molecular formula is C27H31N3O. The number of hydrogen-bond donors (Lipinski definition) is 0. The summed E-state index contributed by atoms with van der Waals surface area (Å²) in [4.78, 5) is 17.5. The predicted octanol–water partition coefficient (Wildman–Crippen LogP) is 4.53. The maximum absolute atomic E-state index is 12.9. The molecule has 0 spiro atoms. The monoisotopic (exact) mass is 413 g/mol. The van der Waals surface area contributed by atoms with Crippen LogP contribution in [0.1, 0.15) is 70.6 Å². The third kappa shape index (κ3) is 4.25. The quantitative estimate of drug-likeness (QED) is 0.743. The van der Waals surface area contributed by atoms with Gasteiger partial charge in [0, 0.05) is 37.8 Å². The van der Waals surface area contributed by atoms with Gasteiger partial charge in [-0.15, -0.1) is 0 Å². The van der Waals surface area contributed by atoms with Crippen molar-refractivity contribution in [3.05, 3.63) is 70.3 Å². The van der Waals surface area contributed by atoms with Crippen LogP contribution in [0.2, 0.25) is 0 Å². The van der Waals surface area contributed by atoms with E-state index in [1.54, 1.807) is 23.8 Å².